The highest BCUT2D eigenvalue weighted by molar-refractivity contribution is 8.13. The summed E-state index contributed by atoms with van der Waals surface area (Å²) in [6.07, 6.45) is 5.29. The lowest BCUT2D eigenvalue weighted by atomic mass is 9.98. The SMILES string of the molecule is CCOC(=O)Sc1ccccc1C(=O)OC1CCCCC1. The van der Waals surface area contributed by atoms with Crippen LogP contribution in [-0.2, 0) is 9.47 Å². The van der Waals surface area contributed by atoms with Crippen LogP contribution in [0.5, 0.6) is 0 Å². The molecule has 0 N–H and O–H groups in total. The maximum absolute atomic E-state index is 12.3. The van der Waals surface area contributed by atoms with Gasteiger partial charge in [0.2, 0.25) is 0 Å². The summed E-state index contributed by atoms with van der Waals surface area (Å²) in [5.41, 5.74) is 0.432. The summed E-state index contributed by atoms with van der Waals surface area (Å²) < 4.78 is 10.5. The van der Waals surface area contributed by atoms with Crippen LogP contribution in [0.4, 0.5) is 4.79 Å². The summed E-state index contributed by atoms with van der Waals surface area (Å²) in [5.74, 6) is -0.353. The van der Waals surface area contributed by atoms with Gasteiger partial charge >= 0.3 is 11.3 Å². The Morgan fingerprint density at radius 3 is 2.62 bits per heavy atom. The Bertz CT molecular complexity index is 495. The first-order chi connectivity index (χ1) is 10.2. The third-order valence-electron chi connectivity index (χ3n) is 3.39. The van der Waals surface area contributed by atoms with Gasteiger partial charge in [0.05, 0.1) is 12.2 Å². The minimum absolute atomic E-state index is 0.00639. The number of carbonyl (C=O) groups excluding carboxylic acids is 2. The van der Waals surface area contributed by atoms with Crippen LogP contribution >= 0.6 is 11.8 Å². The molecule has 1 fully saturated rings. The van der Waals surface area contributed by atoms with E-state index in [1.165, 1.54) is 6.42 Å². The normalized spacial score (nSPS) is 15.5. The molecule has 21 heavy (non-hydrogen) atoms. The summed E-state index contributed by atoms with van der Waals surface area (Å²) >= 11 is 0.923. The van der Waals surface area contributed by atoms with Gasteiger partial charge in [-0.2, -0.15) is 0 Å². The second kappa shape index (κ2) is 8.08. The number of thioether (sulfide) groups is 1. The Kier molecular flexibility index (Phi) is 6.11. The van der Waals surface area contributed by atoms with Crippen LogP contribution in [0.1, 0.15) is 49.4 Å². The van der Waals surface area contributed by atoms with Crippen molar-refractivity contribution < 1.29 is 19.1 Å². The summed E-state index contributed by atoms with van der Waals surface area (Å²) in [6.45, 7) is 2.07. The second-order valence-electron chi connectivity index (χ2n) is 4.95. The first-order valence-electron chi connectivity index (χ1n) is 7.35. The Balaban J connectivity index is 2.03. The fourth-order valence-electron chi connectivity index (χ4n) is 2.36. The third kappa shape index (κ3) is 4.77. The quantitative estimate of drug-likeness (QED) is 0.608. The molecule has 2 rings (SSSR count). The lowest BCUT2D eigenvalue weighted by molar-refractivity contribution is 0.0207. The minimum Gasteiger partial charge on any atom is -0.459 e. The Morgan fingerprint density at radius 1 is 1.19 bits per heavy atom. The predicted octanol–water partition coefficient (Wildman–Crippen LogP) is 4.42. The van der Waals surface area contributed by atoms with Crippen molar-refractivity contribution in [3.05, 3.63) is 29.8 Å². The topological polar surface area (TPSA) is 52.6 Å². The molecule has 0 bridgehead atoms. The number of hydrogen-bond donors (Lipinski definition) is 0. The molecule has 0 radical (unpaired) electrons. The highest BCUT2D eigenvalue weighted by atomic mass is 32.2. The zero-order chi connectivity index (χ0) is 15.1. The van der Waals surface area contributed by atoms with Crippen molar-refractivity contribution in [3.8, 4) is 0 Å². The third-order valence-corrected chi connectivity index (χ3v) is 4.25. The van der Waals surface area contributed by atoms with E-state index in [1.807, 2.05) is 0 Å². The Hall–Kier alpha value is -1.49. The van der Waals surface area contributed by atoms with Gasteiger partial charge in [0.1, 0.15) is 6.10 Å². The van der Waals surface area contributed by atoms with Crippen molar-refractivity contribution in [2.45, 2.75) is 50.0 Å². The largest absolute Gasteiger partial charge is 0.459 e. The fourth-order valence-corrected chi connectivity index (χ4v) is 3.12. The highest BCUT2D eigenvalue weighted by Crippen LogP contribution is 2.27. The highest BCUT2D eigenvalue weighted by Gasteiger charge is 2.21. The molecule has 4 nitrogen and oxygen atoms in total. The second-order valence-corrected chi connectivity index (χ2v) is 5.92. The molecule has 0 aromatic heterocycles. The zero-order valence-electron chi connectivity index (χ0n) is 12.2. The number of carbonyl (C=O) groups is 2. The Labute approximate surface area is 129 Å². The molecule has 1 aromatic carbocycles. The molecule has 5 heteroatoms. The number of ether oxygens (including phenoxy) is 2. The van der Waals surface area contributed by atoms with E-state index < -0.39 is 5.30 Å². The molecule has 0 heterocycles. The van der Waals surface area contributed by atoms with Gasteiger partial charge in [0.25, 0.3) is 0 Å². The van der Waals surface area contributed by atoms with Crippen LogP contribution in [0.2, 0.25) is 0 Å². The van der Waals surface area contributed by atoms with Crippen molar-refractivity contribution in [2.24, 2.45) is 0 Å². The van der Waals surface area contributed by atoms with E-state index in [2.05, 4.69) is 0 Å². The van der Waals surface area contributed by atoms with E-state index in [0.717, 1.165) is 37.4 Å². The van der Waals surface area contributed by atoms with Crippen molar-refractivity contribution >= 4 is 23.0 Å². The number of rotatable bonds is 4. The van der Waals surface area contributed by atoms with E-state index >= 15 is 0 Å². The van der Waals surface area contributed by atoms with Crippen LogP contribution in [0.15, 0.2) is 29.2 Å². The summed E-state index contributed by atoms with van der Waals surface area (Å²) in [4.78, 5) is 24.4. The lowest BCUT2D eigenvalue weighted by Crippen LogP contribution is -2.21. The average molecular weight is 308 g/mol. The smallest absolute Gasteiger partial charge is 0.372 e. The van der Waals surface area contributed by atoms with Crippen molar-refractivity contribution in [3.63, 3.8) is 0 Å². The summed E-state index contributed by atoms with van der Waals surface area (Å²) in [7, 11) is 0. The van der Waals surface area contributed by atoms with Gasteiger partial charge in [0, 0.05) is 4.90 Å². The Morgan fingerprint density at radius 2 is 1.90 bits per heavy atom. The van der Waals surface area contributed by atoms with E-state index in [1.54, 1.807) is 31.2 Å². The van der Waals surface area contributed by atoms with Crippen LogP contribution < -0.4 is 0 Å². The van der Waals surface area contributed by atoms with Crippen LogP contribution in [-0.4, -0.2) is 24.0 Å². The lowest BCUT2D eigenvalue weighted by Gasteiger charge is -2.22. The monoisotopic (exact) mass is 308 g/mol. The first kappa shape index (κ1) is 15.9. The van der Waals surface area contributed by atoms with Gasteiger partial charge in [0.15, 0.2) is 0 Å². The molecule has 1 aromatic rings. The van der Waals surface area contributed by atoms with Crippen LogP contribution in [0.3, 0.4) is 0 Å². The molecule has 0 aliphatic heterocycles. The number of benzene rings is 1. The van der Waals surface area contributed by atoms with Crippen molar-refractivity contribution in [2.75, 3.05) is 6.61 Å². The summed E-state index contributed by atoms with van der Waals surface area (Å²) in [5, 5.41) is -0.407. The van der Waals surface area contributed by atoms with Gasteiger partial charge in [-0.1, -0.05) is 18.6 Å². The summed E-state index contributed by atoms with van der Waals surface area (Å²) in [6, 6.07) is 6.98. The van der Waals surface area contributed by atoms with E-state index in [4.69, 9.17) is 9.47 Å². The van der Waals surface area contributed by atoms with Gasteiger partial charge < -0.3 is 9.47 Å². The molecular formula is C16H20O4S. The number of esters is 1. The predicted molar refractivity (Wildman–Crippen MR) is 81.6 cm³/mol. The standard InChI is InChI=1S/C16H20O4S/c1-2-19-16(18)21-14-11-7-6-10-13(14)15(17)20-12-8-4-3-5-9-12/h6-7,10-12H,2-5,8-9H2,1H3. The fraction of sp³-hybridized carbons (Fsp3) is 0.500. The minimum atomic E-state index is -0.407. The maximum Gasteiger partial charge on any atom is 0.372 e. The molecule has 1 aliphatic rings. The zero-order valence-corrected chi connectivity index (χ0v) is 13.0. The van der Waals surface area contributed by atoms with Gasteiger partial charge in [-0.15, -0.1) is 0 Å². The molecule has 1 saturated carbocycles. The molecule has 0 unspecified atom stereocenters. The molecular weight excluding hydrogens is 288 g/mol. The van der Waals surface area contributed by atoms with Gasteiger partial charge in [-0.05, 0) is 56.5 Å². The number of hydrogen-bond acceptors (Lipinski definition) is 5. The van der Waals surface area contributed by atoms with Gasteiger partial charge in [-0.25, -0.2) is 9.59 Å². The molecule has 0 atom stereocenters. The van der Waals surface area contributed by atoms with Crippen LogP contribution in [0, 0.1) is 0 Å². The average Bonchev–Trinajstić information content (AvgIpc) is 2.49. The first-order valence-corrected chi connectivity index (χ1v) is 8.17. The van der Waals surface area contributed by atoms with Crippen molar-refractivity contribution in [1.82, 2.24) is 0 Å². The van der Waals surface area contributed by atoms with E-state index in [0.29, 0.717) is 17.1 Å². The van der Waals surface area contributed by atoms with Gasteiger partial charge in [-0.3, -0.25) is 0 Å². The van der Waals surface area contributed by atoms with Crippen molar-refractivity contribution in [1.29, 1.82) is 0 Å². The van der Waals surface area contributed by atoms with E-state index in [-0.39, 0.29) is 12.1 Å². The molecule has 0 saturated heterocycles. The maximum atomic E-state index is 12.3. The molecule has 1 aliphatic carbocycles. The van der Waals surface area contributed by atoms with Crippen LogP contribution in [0.25, 0.3) is 0 Å². The molecule has 0 amide bonds. The molecule has 0 spiro atoms. The van der Waals surface area contributed by atoms with E-state index in [9.17, 15) is 9.59 Å². The molecule has 114 valence electrons.